The molecule has 0 bridgehead atoms. The van der Waals surface area contributed by atoms with E-state index in [1.807, 2.05) is 18.2 Å². The Labute approximate surface area is 67.8 Å². The van der Waals surface area contributed by atoms with Crippen LogP contribution in [0.1, 0.15) is 5.76 Å². The fourth-order valence-electron chi connectivity index (χ4n) is 0.600. The van der Waals surface area contributed by atoms with Crippen LogP contribution in [0.5, 0.6) is 0 Å². The highest BCUT2D eigenvalue weighted by atomic mass is 79.9. The number of hydrogen-bond donors (Lipinski definition) is 1. The van der Waals surface area contributed by atoms with Crippen molar-refractivity contribution in [2.75, 3.05) is 6.54 Å². The maximum absolute atomic E-state index is 5.24. The van der Waals surface area contributed by atoms with Crippen molar-refractivity contribution in [1.82, 2.24) is 0 Å². The van der Waals surface area contributed by atoms with Crippen LogP contribution in [0.2, 0.25) is 0 Å². The standard InChI is InChI=1S/C7H8BrNO/c8-6-4-7(10-5-6)2-1-3-9/h1-2,4-5H,3,9H2/b2-1+. The summed E-state index contributed by atoms with van der Waals surface area (Å²) in [6.45, 7) is 0.540. The molecule has 54 valence electrons. The van der Waals surface area contributed by atoms with E-state index >= 15 is 0 Å². The molecule has 0 saturated carbocycles. The Morgan fingerprint density at radius 2 is 2.50 bits per heavy atom. The number of rotatable bonds is 2. The Hall–Kier alpha value is -0.540. The van der Waals surface area contributed by atoms with Gasteiger partial charge in [0.05, 0.1) is 4.47 Å². The van der Waals surface area contributed by atoms with E-state index in [2.05, 4.69) is 15.9 Å². The first-order valence-electron chi connectivity index (χ1n) is 2.93. The lowest BCUT2D eigenvalue weighted by molar-refractivity contribution is 0.555. The fraction of sp³-hybridized carbons (Fsp3) is 0.143. The maximum Gasteiger partial charge on any atom is 0.127 e. The van der Waals surface area contributed by atoms with Crippen LogP contribution in [0.4, 0.5) is 0 Å². The number of nitrogens with two attached hydrogens (primary N) is 1. The zero-order chi connectivity index (χ0) is 7.40. The van der Waals surface area contributed by atoms with Gasteiger partial charge < -0.3 is 10.2 Å². The van der Waals surface area contributed by atoms with Gasteiger partial charge in [-0.15, -0.1) is 0 Å². The molecule has 1 aromatic heterocycles. The van der Waals surface area contributed by atoms with Crippen LogP contribution in [0.15, 0.2) is 27.3 Å². The van der Waals surface area contributed by atoms with Crippen molar-refractivity contribution >= 4 is 22.0 Å². The van der Waals surface area contributed by atoms with Gasteiger partial charge in [-0.25, -0.2) is 0 Å². The van der Waals surface area contributed by atoms with Crippen LogP contribution < -0.4 is 5.73 Å². The summed E-state index contributed by atoms with van der Waals surface area (Å²) in [5.41, 5.74) is 5.24. The van der Waals surface area contributed by atoms with E-state index in [9.17, 15) is 0 Å². The third-order valence-electron chi connectivity index (χ3n) is 1.01. The fourth-order valence-corrected chi connectivity index (χ4v) is 0.919. The van der Waals surface area contributed by atoms with Gasteiger partial charge in [0, 0.05) is 6.54 Å². The van der Waals surface area contributed by atoms with Crippen molar-refractivity contribution in [3.05, 3.63) is 28.6 Å². The molecular weight excluding hydrogens is 194 g/mol. The average Bonchev–Trinajstić information content (AvgIpc) is 2.31. The minimum absolute atomic E-state index is 0.540. The average molecular weight is 202 g/mol. The Kier molecular flexibility index (Phi) is 2.71. The van der Waals surface area contributed by atoms with E-state index in [0.717, 1.165) is 10.2 Å². The molecule has 0 saturated heterocycles. The molecule has 0 aromatic carbocycles. The molecule has 0 aliphatic rings. The largest absolute Gasteiger partial charge is 0.464 e. The van der Waals surface area contributed by atoms with Crippen LogP contribution in [-0.2, 0) is 0 Å². The molecule has 0 spiro atoms. The van der Waals surface area contributed by atoms with Gasteiger partial charge in [-0.3, -0.25) is 0 Å². The third-order valence-corrected chi connectivity index (χ3v) is 1.42. The van der Waals surface area contributed by atoms with E-state index in [1.54, 1.807) is 6.26 Å². The van der Waals surface area contributed by atoms with E-state index in [-0.39, 0.29) is 0 Å². The van der Waals surface area contributed by atoms with E-state index in [4.69, 9.17) is 10.2 Å². The summed E-state index contributed by atoms with van der Waals surface area (Å²) < 4.78 is 6.03. The Balaban J connectivity index is 2.67. The van der Waals surface area contributed by atoms with Crippen molar-refractivity contribution in [2.24, 2.45) is 5.73 Å². The molecular formula is C7H8BrNO. The van der Waals surface area contributed by atoms with Gasteiger partial charge in [0.15, 0.2) is 0 Å². The highest BCUT2D eigenvalue weighted by molar-refractivity contribution is 9.10. The van der Waals surface area contributed by atoms with Gasteiger partial charge >= 0.3 is 0 Å². The summed E-state index contributed by atoms with van der Waals surface area (Å²) in [6.07, 6.45) is 5.31. The Morgan fingerprint density at radius 1 is 1.70 bits per heavy atom. The molecule has 3 heteroatoms. The molecule has 1 rings (SSSR count). The summed E-state index contributed by atoms with van der Waals surface area (Å²) in [4.78, 5) is 0. The van der Waals surface area contributed by atoms with Gasteiger partial charge in [0.1, 0.15) is 12.0 Å². The van der Waals surface area contributed by atoms with Gasteiger partial charge in [-0.1, -0.05) is 6.08 Å². The molecule has 0 aliphatic heterocycles. The molecule has 0 atom stereocenters. The maximum atomic E-state index is 5.24. The second-order valence-electron chi connectivity index (χ2n) is 1.81. The quantitative estimate of drug-likeness (QED) is 0.796. The summed E-state index contributed by atoms with van der Waals surface area (Å²) in [5, 5.41) is 0. The van der Waals surface area contributed by atoms with E-state index < -0.39 is 0 Å². The molecule has 0 fully saturated rings. The van der Waals surface area contributed by atoms with E-state index in [1.165, 1.54) is 0 Å². The van der Waals surface area contributed by atoms with Crippen molar-refractivity contribution in [3.63, 3.8) is 0 Å². The molecule has 0 unspecified atom stereocenters. The summed E-state index contributed by atoms with van der Waals surface area (Å²) in [7, 11) is 0. The second-order valence-corrected chi connectivity index (χ2v) is 2.72. The lowest BCUT2D eigenvalue weighted by Crippen LogP contribution is -1.91. The number of hydrogen-bond acceptors (Lipinski definition) is 2. The smallest absolute Gasteiger partial charge is 0.127 e. The van der Waals surface area contributed by atoms with Crippen molar-refractivity contribution < 1.29 is 4.42 Å². The SMILES string of the molecule is NC/C=C/c1cc(Br)co1. The molecule has 1 aromatic rings. The predicted octanol–water partition coefficient (Wildman–Crippen LogP) is 2.01. The first kappa shape index (κ1) is 7.57. The lowest BCUT2D eigenvalue weighted by atomic mass is 10.4. The van der Waals surface area contributed by atoms with Gasteiger partial charge in [0.25, 0.3) is 0 Å². The topological polar surface area (TPSA) is 39.2 Å². The third kappa shape index (κ3) is 2.01. The Morgan fingerprint density at radius 3 is 3.00 bits per heavy atom. The number of halogens is 1. The molecule has 2 nitrogen and oxygen atoms in total. The minimum Gasteiger partial charge on any atom is -0.464 e. The summed E-state index contributed by atoms with van der Waals surface area (Å²) in [6, 6.07) is 1.88. The monoisotopic (exact) mass is 201 g/mol. The predicted molar refractivity (Wildman–Crippen MR) is 44.5 cm³/mol. The molecule has 1 heterocycles. The summed E-state index contributed by atoms with van der Waals surface area (Å²) >= 11 is 3.27. The molecule has 2 N–H and O–H groups in total. The van der Waals surface area contributed by atoms with Crippen LogP contribution in [-0.4, -0.2) is 6.54 Å². The highest BCUT2D eigenvalue weighted by Crippen LogP contribution is 2.14. The normalized spacial score (nSPS) is 11.0. The molecule has 10 heavy (non-hydrogen) atoms. The van der Waals surface area contributed by atoms with Gasteiger partial charge in [0.2, 0.25) is 0 Å². The van der Waals surface area contributed by atoms with Crippen LogP contribution in [0.3, 0.4) is 0 Å². The van der Waals surface area contributed by atoms with Crippen LogP contribution in [0, 0.1) is 0 Å². The molecule has 0 radical (unpaired) electrons. The van der Waals surface area contributed by atoms with Crippen molar-refractivity contribution in [1.29, 1.82) is 0 Å². The molecule has 0 amide bonds. The van der Waals surface area contributed by atoms with Crippen molar-refractivity contribution in [3.8, 4) is 0 Å². The van der Waals surface area contributed by atoms with Gasteiger partial charge in [-0.05, 0) is 28.1 Å². The van der Waals surface area contributed by atoms with Crippen LogP contribution >= 0.6 is 15.9 Å². The second kappa shape index (κ2) is 3.58. The first-order valence-corrected chi connectivity index (χ1v) is 3.73. The van der Waals surface area contributed by atoms with Gasteiger partial charge in [-0.2, -0.15) is 0 Å². The van der Waals surface area contributed by atoms with E-state index in [0.29, 0.717) is 6.54 Å². The summed E-state index contributed by atoms with van der Waals surface area (Å²) in [5.74, 6) is 0.817. The molecule has 0 aliphatic carbocycles. The lowest BCUT2D eigenvalue weighted by Gasteiger charge is -1.79. The zero-order valence-corrected chi connectivity index (χ0v) is 6.97. The van der Waals surface area contributed by atoms with Crippen molar-refractivity contribution in [2.45, 2.75) is 0 Å². The zero-order valence-electron chi connectivity index (χ0n) is 5.38. The Bertz CT molecular complexity index is 229. The van der Waals surface area contributed by atoms with Crippen LogP contribution in [0.25, 0.3) is 6.08 Å². The highest BCUT2D eigenvalue weighted by Gasteiger charge is 1.91. The first-order chi connectivity index (χ1) is 4.83. The number of furan rings is 1. The minimum atomic E-state index is 0.540.